The number of aryl methyl sites for hydroxylation is 1. The molecule has 4 rings (SSSR count). The van der Waals surface area contributed by atoms with Crippen LogP contribution in [-0.4, -0.2) is 78.4 Å². The Hall–Kier alpha value is -2.41. The van der Waals surface area contributed by atoms with E-state index in [1.807, 2.05) is 31.6 Å². The van der Waals surface area contributed by atoms with Crippen molar-refractivity contribution in [3.05, 3.63) is 40.6 Å². The Kier molecular flexibility index (Phi) is 10.1. The van der Waals surface area contributed by atoms with Gasteiger partial charge in [-0.15, -0.1) is 11.8 Å². The molecule has 0 saturated heterocycles. The molecule has 2 heterocycles. The summed E-state index contributed by atoms with van der Waals surface area (Å²) in [6.07, 6.45) is 3.93. The largest absolute Gasteiger partial charge is 0.411 e. The molecule has 1 atom stereocenters. The molecule has 2 N–H and O–H groups in total. The van der Waals surface area contributed by atoms with Crippen molar-refractivity contribution in [2.45, 2.75) is 44.4 Å². The summed E-state index contributed by atoms with van der Waals surface area (Å²) in [5.74, 6) is 0.346. The Morgan fingerprint density at radius 3 is 2.77 bits per heavy atom. The highest BCUT2D eigenvalue weighted by Crippen LogP contribution is 2.33. The molecular weight excluding hydrogens is 531 g/mol. The van der Waals surface area contributed by atoms with E-state index in [0.717, 1.165) is 54.6 Å². The summed E-state index contributed by atoms with van der Waals surface area (Å²) in [7, 11) is 3.57. The molecule has 8 nitrogen and oxygen atoms in total. The van der Waals surface area contributed by atoms with Gasteiger partial charge in [0, 0.05) is 62.2 Å². The van der Waals surface area contributed by atoms with Crippen molar-refractivity contribution in [1.29, 1.82) is 0 Å². The number of aliphatic imine (C=N–C) groups is 1. The number of thioether (sulfide) groups is 1. The minimum absolute atomic E-state index is 0.0600. The molecule has 1 aliphatic heterocycles. The average Bonchev–Trinajstić information content (AvgIpc) is 3.29. The molecule has 2 aromatic rings. The van der Waals surface area contributed by atoms with E-state index in [1.165, 1.54) is 11.8 Å². The van der Waals surface area contributed by atoms with Crippen LogP contribution in [0.2, 0.25) is 0 Å². The number of hydrogen-bond donors (Lipinski definition) is 1. The van der Waals surface area contributed by atoms with Gasteiger partial charge in [0.25, 0.3) is 5.91 Å². The Morgan fingerprint density at radius 2 is 2.08 bits per heavy atom. The van der Waals surface area contributed by atoms with Gasteiger partial charge in [0.15, 0.2) is 0 Å². The van der Waals surface area contributed by atoms with Gasteiger partial charge >= 0.3 is 6.18 Å². The van der Waals surface area contributed by atoms with Crippen LogP contribution >= 0.6 is 11.8 Å². The third-order valence-corrected chi connectivity index (χ3v) is 8.47. The zero-order valence-corrected chi connectivity index (χ0v) is 23.1. The van der Waals surface area contributed by atoms with Gasteiger partial charge < -0.3 is 15.2 Å². The number of nitrogens with two attached hydrogens (primary N) is 1. The van der Waals surface area contributed by atoms with Crippen LogP contribution in [0.15, 0.2) is 40.0 Å². The number of carbonyl (C=O) groups is 1. The van der Waals surface area contributed by atoms with Crippen LogP contribution in [-0.2, 0) is 16.5 Å². The quantitative estimate of drug-likeness (QED) is 0.252. The standard InChI is InChI=1S/C27H36F3N5O3S/c1-34-13-21-20(4-3-5-23(21)33-34)26(36)32-12-18-6-8-19(9-7-18)24(37-2)15-35-11-10-25(22(31)14-35)39-17-38-16-27(28,29)30/h3-5,12-13,18-19,24H,6-11,14-17,31H2,1-2H3. The fourth-order valence-electron chi connectivity index (χ4n) is 5.35. The van der Waals surface area contributed by atoms with Crippen molar-refractivity contribution in [2.24, 2.45) is 29.6 Å². The molecule has 0 radical (unpaired) electrons. The first-order valence-corrected chi connectivity index (χ1v) is 14.1. The summed E-state index contributed by atoms with van der Waals surface area (Å²) in [4.78, 5) is 20.2. The molecule has 0 spiro atoms. The van der Waals surface area contributed by atoms with Crippen LogP contribution in [0.4, 0.5) is 13.2 Å². The molecule has 2 aliphatic rings. The molecule has 39 heavy (non-hydrogen) atoms. The minimum Gasteiger partial charge on any atom is -0.400 e. The Labute approximate surface area is 230 Å². The first-order valence-electron chi connectivity index (χ1n) is 13.1. The van der Waals surface area contributed by atoms with Crippen LogP contribution in [0, 0.1) is 11.8 Å². The topological polar surface area (TPSA) is 95.0 Å². The van der Waals surface area contributed by atoms with Gasteiger partial charge in [0.1, 0.15) is 6.61 Å². The highest BCUT2D eigenvalue weighted by Gasteiger charge is 2.30. The summed E-state index contributed by atoms with van der Waals surface area (Å²) in [5.41, 5.74) is 8.26. The summed E-state index contributed by atoms with van der Waals surface area (Å²) in [6, 6.07) is 5.50. The van der Waals surface area contributed by atoms with Crippen LogP contribution in [0.3, 0.4) is 0 Å². The number of halogens is 3. The number of carbonyl (C=O) groups excluding carboxylic acids is 1. The van der Waals surface area contributed by atoms with Gasteiger partial charge in [-0.1, -0.05) is 6.07 Å². The number of aromatic nitrogens is 2. The monoisotopic (exact) mass is 567 g/mol. The van der Waals surface area contributed by atoms with E-state index in [-0.39, 0.29) is 23.9 Å². The molecule has 1 fully saturated rings. The fourth-order valence-corrected chi connectivity index (χ4v) is 6.14. The zero-order valence-electron chi connectivity index (χ0n) is 22.3. The SMILES string of the molecule is COC(CN1CCC(SCOCC(F)(F)F)=C(N)C1)C1CCC(C=NC(=O)c2cccc3nn(C)cc23)CC1. The number of ether oxygens (including phenoxy) is 2. The van der Waals surface area contributed by atoms with Gasteiger partial charge in [0.2, 0.25) is 0 Å². The lowest BCUT2D eigenvalue weighted by Crippen LogP contribution is -2.43. The molecule has 12 heteroatoms. The Bertz CT molecular complexity index is 1190. The smallest absolute Gasteiger partial charge is 0.400 e. The van der Waals surface area contributed by atoms with Crippen molar-refractivity contribution in [3.63, 3.8) is 0 Å². The maximum atomic E-state index is 12.8. The number of amides is 1. The Balaban J connectivity index is 1.23. The lowest BCUT2D eigenvalue weighted by molar-refractivity contribution is -0.168. The second kappa shape index (κ2) is 13.3. The molecule has 1 amide bonds. The highest BCUT2D eigenvalue weighted by atomic mass is 32.2. The first-order chi connectivity index (χ1) is 18.6. The van der Waals surface area contributed by atoms with Crippen molar-refractivity contribution < 1.29 is 27.4 Å². The average molecular weight is 568 g/mol. The van der Waals surface area contributed by atoms with E-state index in [0.29, 0.717) is 30.1 Å². The number of nitrogens with zero attached hydrogens (tertiary/aromatic N) is 4. The maximum Gasteiger partial charge on any atom is 0.411 e. The van der Waals surface area contributed by atoms with E-state index in [2.05, 4.69) is 15.0 Å². The molecule has 214 valence electrons. The third kappa shape index (κ3) is 8.29. The number of benzene rings is 1. The lowest BCUT2D eigenvalue weighted by atomic mass is 9.79. The summed E-state index contributed by atoms with van der Waals surface area (Å²) in [5, 5.41) is 5.17. The zero-order chi connectivity index (χ0) is 28.0. The Morgan fingerprint density at radius 1 is 1.31 bits per heavy atom. The molecule has 1 saturated carbocycles. The van der Waals surface area contributed by atoms with Crippen molar-refractivity contribution >= 4 is 34.8 Å². The third-order valence-electron chi connectivity index (χ3n) is 7.37. The van der Waals surface area contributed by atoms with Gasteiger partial charge in [-0.05, 0) is 56.1 Å². The van der Waals surface area contributed by atoms with Gasteiger partial charge in [0.05, 0.1) is 23.1 Å². The molecule has 1 aromatic heterocycles. The molecular formula is C27H36F3N5O3S. The van der Waals surface area contributed by atoms with Crippen LogP contribution < -0.4 is 5.73 Å². The normalized spacial score (nSPS) is 22.2. The number of rotatable bonds is 10. The van der Waals surface area contributed by atoms with Crippen molar-refractivity contribution in [2.75, 3.05) is 39.3 Å². The van der Waals surface area contributed by atoms with E-state index in [9.17, 15) is 18.0 Å². The molecule has 0 bridgehead atoms. The van der Waals surface area contributed by atoms with Gasteiger partial charge in [-0.2, -0.15) is 18.3 Å². The minimum atomic E-state index is -4.32. The van der Waals surface area contributed by atoms with Crippen molar-refractivity contribution in [3.8, 4) is 0 Å². The van der Waals surface area contributed by atoms with Crippen LogP contribution in [0.25, 0.3) is 10.9 Å². The number of fused-ring (bicyclic) bond motifs is 1. The van der Waals surface area contributed by atoms with Gasteiger partial charge in [-0.3, -0.25) is 14.4 Å². The number of alkyl halides is 3. The summed E-state index contributed by atoms with van der Waals surface area (Å²) < 4.78 is 49.0. The predicted molar refractivity (Wildman–Crippen MR) is 147 cm³/mol. The second-order valence-electron chi connectivity index (χ2n) is 10.2. The summed E-state index contributed by atoms with van der Waals surface area (Å²) in [6.45, 7) is 0.836. The van der Waals surface area contributed by atoms with Crippen LogP contribution in [0.1, 0.15) is 42.5 Å². The van der Waals surface area contributed by atoms with Gasteiger partial charge in [-0.25, -0.2) is 4.99 Å². The van der Waals surface area contributed by atoms with Crippen molar-refractivity contribution in [1.82, 2.24) is 14.7 Å². The van der Waals surface area contributed by atoms with E-state index >= 15 is 0 Å². The van der Waals surface area contributed by atoms with E-state index in [4.69, 9.17) is 15.2 Å². The fraction of sp³-hybridized carbons (Fsp3) is 0.593. The maximum absolute atomic E-state index is 12.8. The molecule has 1 aromatic carbocycles. The van der Waals surface area contributed by atoms with E-state index < -0.39 is 12.8 Å². The van der Waals surface area contributed by atoms with Crippen LogP contribution in [0.5, 0.6) is 0 Å². The van der Waals surface area contributed by atoms with E-state index in [1.54, 1.807) is 17.9 Å². The second-order valence-corrected chi connectivity index (χ2v) is 11.3. The number of methoxy groups -OCH3 is 1. The highest BCUT2D eigenvalue weighted by molar-refractivity contribution is 8.02. The molecule has 1 unspecified atom stereocenters. The summed E-state index contributed by atoms with van der Waals surface area (Å²) >= 11 is 1.24. The lowest BCUT2D eigenvalue weighted by Gasteiger charge is -2.36. The molecule has 1 aliphatic carbocycles. The predicted octanol–water partition coefficient (Wildman–Crippen LogP) is 4.75. The number of hydrogen-bond acceptors (Lipinski definition) is 7. The first kappa shape index (κ1) is 29.6.